The highest BCUT2D eigenvalue weighted by molar-refractivity contribution is 6.46. The van der Waals surface area contributed by atoms with E-state index in [4.69, 9.17) is 9.47 Å². The average molecular weight is 410 g/mol. The molecule has 30 heavy (non-hydrogen) atoms. The van der Waals surface area contributed by atoms with Gasteiger partial charge in [0, 0.05) is 18.0 Å². The molecule has 1 atom stereocenters. The van der Waals surface area contributed by atoms with Crippen LogP contribution in [0.4, 0.5) is 0 Å². The second-order valence-electron chi connectivity index (χ2n) is 7.59. The molecule has 2 N–H and O–H groups in total. The Morgan fingerprint density at radius 3 is 2.53 bits per heavy atom. The van der Waals surface area contributed by atoms with Gasteiger partial charge >= 0.3 is 0 Å². The van der Waals surface area contributed by atoms with Crippen LogP contribution in [0.15, 0.2) is 48.3 Å². The van der Waals surface area contributed by atoms with E-state index in [1.54, 1.807) is 42.7 Å². The molecule has 1 aromatic carbocycles. The molecule has 2 aliphatic rings. The number of aromatic nitrogens is 1. The van der Waals surface area contributed by atoms with Crippen molar-refractivity contribution >= 4 is 17.4 Å². The average Bonchev–Trinajstić information content (AvgIpc) is 3.02. The zero-order chi connectivity index (χ0) is 21.3. The van der Waals surface area contributed by atoms with E-state index in [0.717, 1.165) is 10.5 Å². The lowest BCUT2D eigenvalue weighted by molar-refractivity contribution is -0.857. The highest BCUT2D eigenvalue weighted by Crippen LogP contribution is 2.40. The van der Waals surface area contributed by atoms with Crippen LogP contribution in [-0.2, 0) is 9.59 Å². The van der Waals surface area contributed by atoms with Gasteiger partial charge < -0.3 is 24.4 Å². The normalized spacial score (nSPS) is 20.1. The second-order valence-corrected chi connectivity index (χ2v) is 7.59. The zero-order valence-corrected chi connectivity index (χ0v) is 16.9. The molecule has 2 aliphatic heterocycles. The predicted octanol–water partition coefficient (Wildman–Crippen LogP) is 0.419. The molecule has 1 saturated heterocycles. The summed E-state index contributed by atoms with van der Waals surface area (Å²) in [7, 11) is 3.96. The standard InChI is InChI=1S/C22H23N3O5/c1-24(2)9-10-25-19(14-5-7-23-8-6-14)18(21(27)22(25)28)20(26)15-3-4-16-17(13-15)30-12-11-29-16/h3-8,13,19,26H,9-12H2,1-2H3/p+1/t19-/m1/s1. The van der Waals surface area contributed by atoms with Crippen LogP contribution in [0.2, 0.25) is 0 Å². The van der Waals surface area contributed by atoms with Crippen molar-refractivity contribution in [2.45, 2.75) is 6.04 Å². The zero-order valence-electron chi connectivity index (χ0n) is 16.9. The summed E-state index contributed by atoms with van der Waals surface area (Å²) in [6, 6.07) is 7.80. The van der Waals surface area contributed by atoms with Gasteiger partial charge in [-0.05, 0) is 35.9 Å². The Labute approximate surface area is 174 Å². The summed E-state index contributed by atoms with van der Waals surface area (Å²) in [6.07, 6.45) is 3.22. The number of hydrogen-bond donors (Lipinski definition) is 2. The summed E-state index contributed by atoms with van der Waals surface area (Å²) in [4.78, 5) is 32.5. The van der Waals surface area contributed by atoms with Gasteiger partial charge in [-0.2, -0.15) is 0 Å². The van der Waals surface area contributed by atoms with Crippen LogP contribution in [0.25, 0.3) is 5.76 Å². The van der Waals surface area contributed by atoms with Crippen LogP contribution >= 0.6 is 0 Å². The van der Waals surface area contributed by atoms with Crippen LogP contribution in [0.5, 0.6) is 11.5 Å². The maximum Gasteiger partial charge on any atom is 0.295 e. The van der Waals surface area contributed by atoms with Gasteiger partial charge in [-0.3, -0.25) is 14.6 Å². The molecule has 0 aliphatic carbocycles. The second kappa shape index (κ2) is 8.16. The first-order valence-corrected chi connectivity index (χ1v) is 9.84. The molecule has 0 radical (unpaired) electrons. The highest BCUT2D eigenvalue weighted by Gasteiger charge is 2.46. The van der Waals surface area contributed by atoms with Gasteiger partial charge in [-0.25, -0.2) is 0 Å². The lowest BCUT2D eigenvalue weighted by Gasteiger charge is -2.25. The maximum atomic E-state index is 13.0. The number of carbonyl (C=O) groups excluding carboxylic acids is 2. The number of ketones is 1. The van der Waals surface area contributed by atoms with E-state index < -0.39 is 17.7 Å². The first-order valence-electron chi connectivity index (χ1n) is 9.84. The molecule has 4 rings (SSSR count). The van der Waals surface area contributed by atoms with E-state index in [1.165, 1.54) is 4.90 Å². The smallest absolute Gasteiger partial charge is 0.295 e. The lowest BCUT2D eigenvalue weighted by atomic mass is 9.96. The van der Waals surface area contributed by atoms with Gasteiger partial charge in [0.2, 0.25) is 0 Å². The Bertz CT molecular complexity index is 1000. The summed E-state index contributed by atoms with van der Waals surface area (Å²) in [6.45, 7) is 1.92. The van der Waals surface area contributed by atoms with E-state index in [1.807, 2.05) is 14.1 Å². The first-order chi connectivity index (χ1) is 14.5. The first kappa shape index (κ1) is 19.9. The summed E-state index contributed by atoms with van der Waals surface area (Å²) in [5.41, 5.74) is 1.18. The SMILES string of the molecule is C[NH+](C)CCN1C(=O)C(=O)C(=C(O)c2ccc3c(c2)OCCO3)[C@H]1c1ccncc1. The Morgan fingerprint density at radius 2 is 1.83 bits per heavy atom. The molecule has 0 bridgehead atoms. The molecule has 1 fully saturated rings. The number of aliphatic hydroxyl groups excluding tert-OH is 1. The minimum absolute atomic E-state index is 0.0663. The number of pyridine rings is 1. The number of aliphatic hydroxyl groups is 1. The Balaban J connectivity index is 1.81. The van der Waals surface area contributed by atoms with Crippen LogP contribution in [-0.4, -0.2) is 67.1 Å². The van der Waals surface area contributed by atoms with E-state index >= 15 is 0 Å². The van der Waals surface area contributed by atoms with Gasteiger partial charge in [0.1, 0.15) is 19.0 Å². The topological polar surface area (TPSA) is 93.4 Å². The number of benzene rings is 1. The van der Waals surface area contributed by atoms with Crippen molar-refractivity contribution in [2.75, 3.05) is 40.4 Å². The number of Topliss-reactive ketones (excluding diaryl/α,β-unsaturated/α-hetero) is 1. The number of likely N-dealkylation sites (N-methyl/N-ethyl adjacent to an activating group) is 1. The van der Waals surface area contributed by atoms with E-state index in [-0.39, 0.29) is 11.3 Å². The molecule has 3 heterocycles. The summed E-state index contributed by atoms with van der Waals surface area (Å²) < 4.78 is 11.1. The van der Waals surface area contributed by atoms with Crippen molar-refractivity contribution in [2.24, 2.45) is 0 Å². The summed E-state index contributed by atoms with van der Waals surface area (Å²) in [5, 5.41) is 11.1. The molecular weight excluding hydrogens is 386 g/mol. The number of quaternary nitrogens is 1. The predicted molar refractivity (Wildman–Crippen MR) is 108 cm³/mol. The molecule has 8 nitrogen and oxygen atoms in total. The lowest BCUT2D eigenvalue weighted by Crippen LogP contribution is -3.06. The maximum absolute atomic E-state index is 13.0. The number of nitrogens with one attached hydrogen (secondary N) is 1. The van der Waals surface area contributed by atoms with Crippen molar-refractivity contribution in [3.8, 4) is 11.5 Å². The number of nitrogens with zero attached hydrogens (tertiary/aromatic N) is 2. The number of rotatable bonds is 5. The fourth-order valence-electron chi connectivity index (χ4n) is 3.69. The molecule has 156 valence electrons. The van der Waals surface area contributed by atoms with Gasteiger partial charge in [-0.1, -0.05) is 0 Å². The number of amides is 1. The Morgan fingerprint density at radius 1 is 1.13 bits per heavy atom. The van der Waals surface area contributed by atoms with E-state index in [0.29, 0.717) is 43.4 Å². The number of ether oxygens (including phenoxy) is 2. The molecule has 0 unspecified atom stereocenters. The van der Waals surface area contributed by atoms with Crippen molar-refractivity contribution in [1.29, 1.82) is 0 Å². The number of fused-ring (bicyclic) bond motifs is 1. The molecule has 0 spiro atoms. The molecule has 8 heteroatoms. The fourth-order valence-corrected chi connectivity index (χ4v) is 3.69. The Hall–Kier alpha value is -3.39. The van der Waals surface area contributed by atoms with Gasteiger partial charge in [0.25, 0.3) is 11.7 Å². The molecule has 2 aromatic rings. The molecule has 0 saturated carbocycles. The van der Waals surface area contributed by atoms with Crippen molar-refractivity contribution in [3.05, 3.63) is 59.4 Å². The minimum Gasteiger partial charge on any atom is -0.507 e. The van der Waals surface area contributed by atoms with Crippen LogP contribution in [0.3, 0.4) is 0 Å². The van der Waals surface area contributed by atoms with E-state index in [9.17, 15) is 14.7 Å². The number of hydrogen-bond acceptors (Lipinski definition) is 6. The molecule has 1 amide bonds. The third-order valence-electron chi connectivity index (χ3n) is 5.23. The third kappa shape index (κ3) is 3.61. The van der Waals surface area contributed by atoms with Crippen LogP contribution in [0, 0.1) is 0 Å². The van der Waals surface area contributed by atoms with Gasteiger partial charge in [0.15, 0.2) is 11.5 Å². The van der Waals surface area contributed by atoms with Crippen molar-refractivity contribution < 1.29 is 29.1 Å². The van der Waals surface area contributed by atoms with Crippen molar-refractivity contribution in [3.63, 3.8) is 0 Å². The highest BCUT2D eigenvalue weighted by atomic mass is 16.6. The van der Waals surface area contributed by atoms with Crippen LogP contribution in [0.1, 0.15) is 17.2 Å². The fraction of sp³-hybridized carbons (Fsp3) is 0.318. The largest absolute Gasteiger partial charge is 0.507 e. The third-order valence-corrected chi connectivity index (χ3v) is 5.23. The summed E-state index contributed by atoms with van der Waals surface area (Å²) in [5.74, 6) is -0.462. The van der Waals surface area contributed by atoms with E-state index in [2.05, 4.69) is 4.98 Å². The van der Waals surface area contributed by atoms with Gasteiger partial charge in [0.05, 0.1) is 38.8 Å². The Kier molecular flexibility index (Phi) is 5.41. The monoisotopic (exact) mass is 410 g/mol. The molecular formula is C22H24N3O5+. The minimum atomic E-state index is -0.696. The van der Waals surface area contributed by atoms with Crippen LogP contribution < -0.4 is 14.4 Å². The number of likely N-dealkylation sites (tertiary alicyclic amines) is 1. The summed E-state index contributed by atoms with van der Waals surface area (Å²) >= 11 is 0. The quantitative estimate of drug-likeness (QED) is 0.422. The molecule has 1 aromatic heterocycles. The number of carbonyl (C=O) groups is 2. The van der Waals surface area contributed by atoms with Gasteiger partial charge in [-0.15, -0.1) is 0 Å². The van der Waals surface area contributed by atoms with Crippen molar-refractivity contribution in [1.82, 2.24) is 9.88 Å².